The Balaban J connectivity index is 2.04. The van der Waals surface area contributed by atoms with Gasteiger partial charge in [-0.3, -0.25) is 0 Å². The van der Waals surface area contributed by atoms with Crippen LogP contribution in [-0.2, 0) is 19.0 Å². The molecule has 1 atom stereocenters. The molecule has 2 rings (SSSR count). The lowest BCUT2D eigenvalue weighted by molar-refractivity contribution is -0.137. The third-order valence-electron chi connectivity index (χ3n) is 3.28. The van der Waals surface area contributed by atoms with Crippen molar-refractivity contribution in [2.75, 3.05) is 0 Å². The molecule has 0 amide bonds. The molecule has 0 aliphatic carbocycles. The van der Waals surface area contributed by atoms with Gasteiger partial charge in [-0.1, -0.05) is 48.0 Å². The quantitative estimate of drug-likeness (QED) is 0.897. The zero-order valence-corrected chi connectivity index (χ0v) is 11.7. The summed E-state index contributed by atoms with van der Waals surface area (Å²) in [5.41, 5.74) is 1.89. The third-order valence-corrected chi connectivity index (χ3v) is 3.28. The summed E-state index contributed by atoms with van der Waals surface area (Å²) in [5.74, 6) is 0. The Kier molecular flexibility index (Phi) is 4.68. The first kappa shape index (κ1) is 15.6. The van der Waals surface area contributed by atoms with E-state index in [-0.39, 0.29) is 6.42 Å². The third kappa shape index (κ3) is 4.60. The van der Waals surface area contributed by atoms with Gasteiger partial charge < -0.3 is 5.11 Å². The van der Waals surface area contributed by atoms with Crippen LogP contribution in [-0.4, -0.2) is 11.2 Å². The fourth-order valence-corrected chi connectivity index (χ4v) is 2.33. The molecular weight excluding hydrogens is 277 g/mol. The lowest BCUT2D eigenvalue weighted by Crippen LogP contribution is -2.15. The minimum Gasteiger partial charge on any atom is -0.392 e. The van der Waals surface area contributed by atoms with E-state index in [1.165, 1.54) is 6.07 Å². The normalized spacial score (nSPS) is 13.2. The van der Waals surface area contributed by atoms with Gasteiger partial charge in [0.15, 0.2) is 0 Å². The van der Waals surface area contributed by atoms with Crippen LogP contribution in [0.5, 0.6) is 0 Å². The smallest absolute Gasteiger partial charge is 0.392 e. The summed E-state index contributed by atoms with van der Waals surface area (Å²) >= 11 is 0. The number of halogens is 3. The number of aliphatic hydroxyl groups excluding tert-OH is 1. The Hall–Kier alpha value is -1.81. The van der Waals surface area contributed by atoms with Gasteiger partial charge >= 0.3 is 6.18 Å². The molecule has 0 saturated heterocycles. The Labute approximate surface area is 122 Å². The average Bonchev–Trinajstić information content (AvgIpc) is 2.37. The van der Waals surface area contributed by atoms with Crippen molar-refractivity contribution in [1.82, 2.24) is 0 Å². The molecule has 2 aromatic carbocycles. The fraction of sp³-hybridized carbons (Fsp3) is 0.294. The SMILES string of the molecule is Cc1cccc(CC(O)Cc2cccc(C(F)(F)F)c2)c1. The highest BCUT2D eigenvalue weighted by Crippen LogP contribution is 2.29. The van der Waals surface area contributed by atoms with E-state index in [4.69, 9.17) is 0 Å². The molecule has 0 bridgehead atoms. The summed E-state index contributed by atoms with van der Waals surface area (Å²) in [6.45, 7) is 1.96. The highest BCUT2D eigenvalue weighted by Gasteiger charge is 2.30. The van der Waals surface area contributed by atoms with Crippen molar-refractivity contribution in [2.24, 2.45) is 0 Å². The van der Waals surface area contributed by atoms with Gasteiger partial charge in [0.25, 0.3) is 0 Å². The predicted molar refractivity (Wildman–Crippen MR) is 76.0 cm³/mol. The molecule has 2 aromatic rings. The molecule has 0 aliphatic rings. The van der Waals surface area contributed by atoms with E-state index in [1.807, 2.05) is 31.2 Å². The van der Waals surface area contributed by atoms with Gasteiger partial charge in [-0.25, -0.2) is 0 Å². The summed E-state index contributed by atoms with van der Waals surface area (Å²) in [7, 11) is 0. The topological polar surface area (TPSA) is 20.2 Å². The molecule has 0 aliphatic heterocycles. The van der Waals surface area contributed by atoms with Crippen LogP contribution >= 0.6 is 0 Å². The van der Waals surface area contributed by atoms with Gasteiger partial charge in [-0.05, 0) is 37.0 Å². The minimum absolute atomic E-state index is 0.206. The summed E-state index contributed by atoms with van der Waals surface area (Å²) in [6.07, 6.45) is -4.41. The van der Waals surface area contributed by atoms with Crippen molar-refractivity contribution in [2.45, 2.75) is 32.0 Å². The van der Waals surface area contributed by atoms with Crippen LogP contribution in [0.2, 0.25) is 0 Å². The number of aryl methyl sites for hydroxylation is 1. The van der Waals surface area contributed by atoms with Gasteiger partial charge in [0.1, 0.15) is 0 Å². The molecule has 0 heterocycles. The van der Waals surface area contributed by atoms with Crippen molar-refractivity contribution in [3.8, 4) is 0 Å². The zero-order chi connectivity index (χ0) is 15.5. The number of alkyl halides is 3. The molecular formula is C17H17F3O. The van der Waals surface area contributed by atoms with Crippen LogP contribution in [0, 0.1) is 6.92 Å². The first-order valence-corrected chi connectivity index (χ1v) is 6.74. The molecule has 4 heteroatoms. The monoisotopic (exact) mass is 294 g/mol. The molecule has 0 saturated carbocycles. The van der Waals surface area contributed by atoms with Crippen LogP contribution in [0.3, 0.4) is 0 Å². The maximum absolute atomic E-state index is 12.6. The summed E-state index contributed by atoms with van der Waals surface area (Å²) in [5, 5.41) is 10.1. The van der Waals surface area contributed by atoms with Crippen molar-refractivity contribution < 1.29 is 18.3 Å². The lowest BCUT2D eigenvalue weighted by atomic mass is 9.99. The first-order valence-electron chi connectivity index (χ1n) is 6.74. The molecule has 1 unspecified atom stereocenters. The van der Waals surface area contributed by atoms with Gasteiger partial charge in [0, 0.05) is 0 Å². The van der Waals surface area contributed by atoms with E-state index in [0.29, 0.717) is 12.0 Å². The Bertz CT molecular complexity index is 605. The number of hydrogen-bond donors (Lipinski definition) is 1. The highest BCUT2D eigenvalue weighted by molar-refractivity contribution is 5.27. The van der Waals surface area contributed by atoms with Crippen molar-refractivity contribution in [1.29, 1.82) is 0 Å². The van der Waals surface area contributed by atoms with E-state index in [1.54, 1.807) is 6.07 Å². The lowest BCUT2D eigenvalue weighted by Gasteiger charge is -2.13. The molecule has 0 spiro atoms. The van der Waals surface area contributed by atoms with Crippen molar-refractivity contribution in [3.63, 3.8) is 0 Å². The summed E-state index contributed by atoms with van der Waals surface area (Å²) < 4.78 is 37.9. The number of benzene rings is 2. The standard InChI is InChI=1S/C17H17F3O/c1-12-4-2-5-13(8-12)10-16(21)11-14-6-3-7-15(9-14)17(18,19)20/h2-9,16,21H,10-11H2,1H3. The second-order valence-corrected chi connectivity index (χ2v) is 5.25. The van der Waals surface area contributed by atoms with E-state index < -0.39 is 17.8 Å². The van der Waals surface area contributed by atoms with Gasteiger partial charge in [0.2, 0.25) is 0 Å². The summed E-state index contributed by atoms with van der Waals surface area (Å²) in [4.78, 5) is 0. The summed E-state index contributed by atoms with van der Waals surface area (Å²) in [6, 6.07) is 12.9. The Morgan fingerprint density at radius 2 is 1.52 bits per heavy atom. The van der Waals surface area contributed by atoms with Gasteiger partial charge in [-0.2, -0.15) is 13.2 Å². The molecule has 1 nitrogen and oxygen atoms in total. The van der Waals surface area contributed by atoms with E-state index in [0.717, 1.165) is 23.3 Å². The molecule has 21 heavy (non-hydrogen) atoms. The minimum atomic E-state index is -4.35. The zero-order valence-electron chi connectivity index (χ0n) is 11.7. The number of aliphatic hydroxyl groups is 1. The highest BCUT2D eigenvalue weighted by atomic mass is 19.4. The predicted octanol–water partition coefficient (Wildman–Crippen LogP) is 4.16. The van der Waals surface area contributed by atoms with E-state index >= 15 is 0 Å². The number of rotatable bonds is 4. The second kappa shape index (κ2) is 6.31. The second-order valence-electron chi connectivity index (χ2n) is 5.25. The average molecular weight is 294 g/mol. The first-order chi connectivity index (χ1) is 9.84. The van der Waals surface area contributed by atoms with Crippen LogP contribution in [0.25, 0.3) is 0 Å². The van der Waals surface area contributed by atoms with Crippen LogP contribution in [0.4, 0.5) is 13.2 Å². The molecule has 0 aromatic heterocycles. The van der Waals surface area contributed by atoms with E-state index in [2.05, 4.69) is 0 Å². The molecule has 1 N–H and O–H groups in total. The fourth-order valence-electron chi connectivity index (χ4n) is 2.33. The Morgan fingerprint density at radius 3 is 2.10 bits per heavy atom. The molecule has 112 valence electrons. The van der Waals surface area contributed by atoms with Crippen molar-refractivity contribution >= 4 is 0 Å². The van der Waals surface area contributed by atoms with Gasteiger partial charge in [-0.15, -0.1) is 0 Å². The van der Waals surface area contributed by atoms with Crippen LogP contribution < -0.4 is 0 Å². The van der Waals surface area contributed by atoms with Gasteiger partial charge in [0.05, 0.1) is 11.7 Å². The molecule has 0 radical (unpaired) electrons. The van der Waals surface area contributed by atoms with E-state index in [9.17, 15) is 18.3 Å². The molecule has 0 fully saturated rings. The maximum atomic E-state index is 12.6. The number of hydrogen-bond acceptors (Lipinski definition) is 1. The Morgan fingerprint density at radius 1 is 0.952 bits per heavy atom. The van der Waals surface area contributed by atoms with Crippen LogP contribution in [0.15, 0.2) is 48.5 Å². The maximum Gasteiger partial charge on any atom is 0.416 e. The largest absolute Gasteiger partial charge is 0.416 e. The van der Waals surface area contributed by atoms with Crippen LogP contribution in [0.1, 0.15) is 22.3 Å². The van der Waals surface area contributed by atoms with Crippen molar-refractivity contribution in [3.05, 3.63) is 70.8 Å².